The van der Waals surface area contributed by atoms with Crippen LogP contribution >= 0.6 is 6.89 Å². The molecule has 1 aliphatic carbocycles. The highest BCUT2D eigenvalue weighted by atomic mass is 31.2. The first-order chi connectivity index (χ1) is 9.17. The highest BCUT2D eigenvalue weighted by Gasteiger charge is 2.30. The summed E-state index contributed by atoms with van der Waals surface area (Å²) >= 11 is 0. The largest absolute Gasteiger partial charge is 0.295 e. The summed E-state index contributed by atoms with van der Waals surface area (Å²) in [7, 11) is 0. The van der Waals surface area contributed by atoms with Crippen molar-refractivity contribution in [2.75, 3.05) is 18.5 Å². The highest BCUT2D eigenvalue weighted by molar-refractivity contribution is 7.76. The number of ketones is 1. The van der Waals surface area contributed by atoms with Crippen molar-refractivity contribution in [3.05, 3.63) is 0 Å². The van der Waals surface area contributed by atoms with Crippen molar-refractivity contribution < 1.29 is 4.79 Å². The summed E-state index contributed by atoms with van der Waals surface area (Å²) in [6.45, 7) is 5.73. The van der Waals surface area contributed by atoms with Crippen LogP contribution in [0.1, 0.15) is 72.1 Å². The molecule has 0 radical (unpaired) electrons. The third-order valence-corrected chi connectivity index (χ3v) is 8.67. The number of rotatable bonds is 11. The lowest BCUT2D eigenvalue weighted by Crippen LogP contribution is -2.11. The third kappa shape index (κ3) is 6.30. The predicted octanol–water partition coefficient (Wildman–Crippen LogP) is 5.19. The first kappa shape index (κ1) is 17.0. The fourth-order valence-electron chi connectivity index (χ4n) is 2.69. The first-order valence-corrected chi connectivity index (χ1v) is 10.8. The standard InChI is InChI=1S/C17H33OP/c1-4-7-12-19(13-8-5-2,14-9-6-3)15-17(18)16-10-11-16/h15-16H,4-14H2,1-3H3. The molecule has 0 saturated heterocycles. The lowest BCUT2D eigenvalue weighted by molar-refractivity contribution is -0.113. The Balaban J connectivity index is 2.82. The van der Waals surface area contributed by atoms with E-state index in [2.05, 4.69) is 26.6 Å². The molecule has 1 saturated carbocycles. The summed E-state index contributed by atoms with van der Waals surface area (Å²) in [5, 5.41) is 0. The Labute approximate surface area is 120 Å². The number of hydrogen-bond acceptors (Lipinski definition) is 1. The second-order valence-corrected chi connectivity index (χ2v) is 10.3. The number of unbranched alkanes of at least 4 members (excludes halogenated alkanes) is 3. The number of carbonyl (C=O) groups excluding carboxylic acids is 1. The quantitative estimate of drug-likeness (QED) is 0.477. The van der Waals surface area contributed by atoms with Gasteiger partial charge in [0.1, 0.15) is 0 Å². The van der Waals surface area contributed by atoms with Crippen LogP contribution in [0.4, 0.5) is 0 Å². The summed E-state index contributed by atoms with van der Waals surface area (Å²) in [6, 6.07) is 0. The van der Waals surface area contributed by atoms with E-state index in [0.29, 0.717) is 11.7 Å². The van der Waals surface area contributed by atoms with Gasteiger partial charge in [0, 0.05) is 5.92 Å². The Hall–Kier alpha value is -0.0300. The van der Waals surface area contributed by atoms with Gasteiger partial charge in [-0.1, -0.05) is 40.0 Å². The van der Waals surface area contributed by atoms with Crippen LogP contribution in [0.5, 0.6) is 0 Å². The fourth-order valence-corrected chi connectivity index (χ4v) is 7.34. The molecule has 0 spiro atoms. The maximum Gasteiger partial charge on any atom is 0.158 e. The molecule has 0 N–H and O–H groups in total. The third-order valence-electron chi connectivity index (χ3n) is 4.25. The molecule has 0 bridgehead atoms. The van der Waals surface area contributed by atoms with Gasteiger partial charge < -0.3 is 0 Å². The van der Waals surface area contributed by atoms with Crippen LogP contribution < -0.4 is 0 Å². The van der Waals surface area contributed by atoms with Crippen molar-refractivity contribution in [3.8, 4) is 0 Å². The average Bonchev–Trinajstić information content (AvgIpc) is 3.24. The van der Waals surface area contributed by atoms with E-state index in [4.69, 9.17) is 0 Å². The maximum absolute atomic E-state index is 12.3. The second-order valence-electron chi connectivity index (χ2n) is 6.26. The van der Waals surface area contributed by atoms with Crippen molar-refractivity contribution in [3.63, 3.8) is 0 Å². The van der Waals surface area contributed by atoms with Gasteiger partial charge in [0.05, 0.1) is 0 Å². The number of hydrogen-bond donors (Lipinski definition) is 0. The van der Waals surface area contributed by atoms with Crippen LogP contribution in [-0.2, 0) is 4.79 Å². The Morgan fingerprint density at radius 1 is 0.947 bits per heavy atom. The van der Waals surface area contributed by atoms with Crippen LogP contribution in [0.15, 0.2) is 0 Å². The summed E-state index contributed by atoms with van der Waals surface area (Å²) in [6.07, 6.45) is 14.1. The van der Waals surface area contributed by atoms with Crippen LogP contribution in [0, 0.1) is 5.92 Å². The van der Waals surface area contributed by atoms with Crippen molar-refractivity contribution >= 4 is 18.5 Å². The average molecular weight is 284 g/mol. The van der Waals surface area contributed by atoms with Crippen LogP contribution in [0.2, 0.25) is 0 Å². The zero-order valence-electron chi connectivity index (χ0n) is 13.3. The van der Waals surface area contributed by atoms with Crippen LogP contribution in [-0.4, -0.2) is 30.1 Å². The van der Waals surface area contributed by atoms with Gasteiger partial charge >= 0.3 is 0 Å². The molecule has 0 aromatic carbocycles. The maximum atomic E-state index is 12.3. The molecule has 0 unspecified atom stereocenters. The van der Waals surface area contributed by atoms with Gasteiger partial charge in [0.15, 0.2) is 5.78 Å². The van der Waals surface area contributed by atoms with E-state index < -0.39 is 6.89 Å². The van der Waals surface area contributed by atoms with Gasteiger partial charge in [0.25, 0.3) is 0 Å². The zero-order chi connectivity index (χ0) is 14.1. The topological polar surface area (TPSA) is 17.1 Å². The second kappa shape index (κ2) is 9.01. The predicted molar refractivity (Wildman–Crippen MR) is 90.0 cm³/mol. The summed E-state index contributed by atoms with van der Waals surface area (Å²) in [4.78, 5) is 12.3. The molecule has 19 heavy (non-hydrogen) atoms. The van der Waals surface area contributed by atoms with Gasteiger partial charge in [-0.25, -0.2) is 0 Å². The Morgan fingerprint density at radius 2 is 1.37 bits per heavy atom. The minimum absolute atomic E-state index is 0.421. The molecule has 112 valence electrons. The van der Waals surface area contributed by atoms with Crippen molar-refractivity contribution in [2.24, 2.45) is 5.92 Å². The summed E-state index contributed by atoms with van der Waals surface area (Å²) < 4.78 is 0. The summed E-state index contributed by atoms with van der Waals surface area (Å²) in [5.74, 6) is 3.21. The fraction of sp³-hybridized carbons (Fsp3) is 0.882. The van der Waals surface area contributed by atoms with E-state index in [1.165, 1.54) is 57.0 Å². The molecule has 0 atom stereocenters. The molecule has 1 fully saturated rings. The minimum atomic E-state index is -1.09. The van der Waals surface area contributed by atoms with E-state index in [1.54, 1.807) is 0 Å². The molecule has 0 amide bonds. The molecular weight excluding hydrogens is 251 g/mol. The van der Waals surface area contributed by atoms with Crippen LogP contribution in [0.25, 0.3) is 0 Å². The molecular formula is C17H33OP. The highest BCUT2D eigenvalue weighted by Crippen LogP contribution is 2.50. The SMILES string of the molecule is CCCCP(=CC(=O)C1CC1)(CCCC)CCCC. The normalized spacial score (nSPS) is 15.5. The smallest absolute Gasteiger partial charge is 0.158 e. The molecule has 2 heteroatoms. The number of Topliss-reactive ketones (excluding diaryl/α,β-unsaturated/α-hetero) is 1. The molecule has 1 aliphatic rings. The molecule has 1 nitrogen and oxygen atoms in total. The molecule has 0 aliphatic heterocycles. The Morgan fingerprint density at radius 3 is 1.68 bits per heavy atom. The van der Waals surface area contributed by atoms with E-state index in [9.17, 15) is 4.79 Å². The molecule has 1 rings (SSSR count). The molecule has 0 heterocycles. The van der Waals surface area contributed by atoms with E-state index >= 15 is 0 Å². The van der Waals surface area contributed by atoms with E-state index in [0.717, 1.165) is 12.8 Å². The number of carbonyl (C=O) groups is 1. The molecule has 0 aromatic heterocycles. The van der Waals surface area contributed by atoms with Gasteiger partial charge in [-0.2, -0.15) is 0 Å². The van der Waals surface area contributed by atoms with Crippen LogP contribution in [0.3, 0.4) is 0 Å². The Kier molecular flexibility index (Phi) is 8.07. The van der Waals surface area contributed by atoms with Gasteiger partial charge in [-0.3, -0.25) is 4.79 Å². The zero-order valence-corrected chi connectivity index (χ0v) is 14.2. The Bertz CT molecular complexity index is 287. The van der Waals surface area contributed by atoms with Gasteiger partial charge in [0.2, 0.25) is 0 Å². The lowest BCUT2D eigenvalue weighted by atomic mass is 10.3. The minimum Gasteiger partial charge on any atom is -0.295 e. The van der Waals surface area contributed by atoms with E-state index in [-0.39, 0.29) is 0 Å². The molecule has 0 aromatic rings. The summed E-state index contributed by atoms with van der Waals surface area (Å²) in [5.41, 5.74) is 0. The van der Waals surface area contributed by atoms with Crippen molar-refractivity contribution in [2.45, 2.75) is 72.1 Å². The monoisotopic (exact) mass is 284 g/mol. The first-order valence-electron chi connectivity index (χ1n) is 8.43. The van der Waals surface area contributed by atoms with Crippen molar-refractivity contribution in [1.82, 2.24) is 0 Å². The van der Waals surface area contributed by atoms with Gasteiger partial charge in [-0.15, -0.1) is 6.89 Å². The van der Waals surface area contributed by atoms with Crippen molar-refractivity contribution in [1.29, 1.82) is 0 Å². The lowest BCUT2D eigenvalue weighted by Gasteiger charge is -2.26. The van der Waals surface area contributed by atoms with Gasteiger partial charge in [-0.05, 0) is 56.4 Å². The van der Waals surface area contributed by atoms with E-state index in [1.807, 2.05) is 0 Å².